The number of anilines is 3. The number of hydrogen-bond acceptors (Lipinski definition) is 7. The third-order valence-corrected chi connectivity index (χ3v) is 6.12. The molecule has 0 saturated carbocycles. The molecule has 0 aliphatic carbocycles. The molecule has 0 atom stereocenters. The Kier molecular flexibility index (Phi) is 6.16. The number of halogens is 3. The number of alkyl halides is 3. The molecule has 0 amide bonds. The van der Waals surface area contributed by atoms with Gasteiger partial charge in [-0.25, -0.2) is 4.98 Å². The first kappa shape index (κ1) is 21.5. The van der Waals surface area contributed by atoms with E-state index < -0.39 is 24.7 Å². The van der Waals surface area contributed by atoms with Gasteiger partial charge in [-0.1, -0.05) is 0 Å². The van der Waals surface area contributed by atoms with Gasteiger partial charge in [-0.3, -0.25) is 9.80 Å². The summed E-state index contributed by atoms with van der Waals surface area (Å²) < 4.78 is 56.7. The van der Waals surface area contributed by atoms with Crippen molar-refractivity contribution >= 4 is 29.9 Å². The van der Waals surface area contributed by atoms with Crippen LogP contribution in [0.2, 0.25) is 0 Å². The van der Waals surface area contributed by atoms with Gasteiger partial charge in [-0.05, 0) is 37.6 Å². The van der Waals surface area contributed by atoms with Crippen molar-refractivity contribution in [2.45, 2.75) is 6.18 Å². The fourth-order valence-electron chi connectivity index (χ4n) is 2.93. The van der Waals surface area contributed by atoms with E-state index >= 15 is 0 Å². The molecule has 2 aromatic rings. The zero-order valence-corrected chi connectivity index (χ0v) is 17.1. The molecule has 1 aliphatic rings. The van der Waals surface area contributed by atoms with Crippen molar-refractivity contribution in [3.63, 3.8) is 0 Å². The lowest BCUT2D eigenvalue weighted by Gasteiger charge is -2.33. The first-order valence-corrected chi connectivity index (χ1v) is 11.6. The molecule has 1 saturated heterocycles. The molecule has 0 bridgehead atoms. The molecular weight excluding hydrogens is 406 g/mol. The summed E-state index contributed by atoms with van der Waals surface area (Å²) in [5.74, 6) is -0.566. The molecule has 158 valence electrons. The number of morpholine rings is 1. The monoisotopic (exact) mass is 429 g/mol. The van der Waals surface area contributed by atoms with E-state index in [4.69, 9.17) is 10.5 Å². The van der Waals surface area contributed by atoms with Crippen LogP contribution in [0.25, 0.3) is 0 Å². The predicted molar refractivity (Wildman–Crippen MR) is 106 cm³/mol. The largest absolute Gasteiger partial charge is 0.421 e. The lowest BCUT2D eigenvalue weighted by Crippen LogP contribution is -2.43. The number of nitrogens with two attached hydrogens (primary N) is 1. The van der Waals surface area contributed by atoms with E-state index in [9.17, 15) is 17.7 Å². The normalized spacial score (nSPS) is 16.0. The Balaban J connectivity index is 1.97. The van der Waals surface area contributed by atoms with Gasteiger partial charge in [0, 0.05) is 30.3 Å². The van der Waals surface area contributed by atoms with E-state index in [0.717, 1.165) is 0 Å². The number of rotatable bonds is 5. The van der Waals surface area contributed by atoms with E-state index in [0.29, 0.717) is 50.2 Å². The second-order valence-electron chi connectivity index (χ2n) is 7.13. The highest BCUT2D eigenvalue weighted by Gasteiger charge is 2.35. The second kappa shape index (κ2) is 8.30. The highest BCUT2D eigenvalue weighted by Crippen LogP contribution is 2.36. The maximum atomic E-state index is 13.0. The van der Waals surface area contributed by atoms with Gasteiger partial charge in [0.1, 0.15) is 18.5 Å². The first-order chi connectivity index (χ1) is 13.6. The maximum Gasteiger partial charge on any atom is 0.421 e. The summed E-state index contributed by atoms with van der Waals surface area (Å²) in [6.45, 7) is 6.17. The summed E-state index contributed by atoms with van der Waals surface area (Å²) >= 11 is 0. The number of benzene rings is 1. The van der Waals surface area contributed by atoms with Crippen molar-refractivity contribution in [2.24, 2.45) is 0 Å². The smallest absolute Gasteiger partial charge is 0.383 e. The summed E-state index contributed by atoms with van der Waals surface area (Å²) in [6.07, 6.45) is -3.92. The molecule has 1 aromatic heterocycles. The first-order valence-electron chi connectivity index (χ1n) is 8.98. The lowest BCUT2D eigenvalue weighted by atomic mass is 10.3. The average Bonchev–Trinajstić information content (AvgIpc) is 2.65. The third kappa shape index (κ3) is 5.26. The lowest BCUT2D eigenvalue weighted by molar-refractivity contribution is -0.137. The number of hydrogen-bond donors (Lipinski definition) is 1. The average molecular weight is 429 g/mol. The molecule has 0 unspecified atom stereocenters. The number of nitrogens with zero attached hydrogens (tertiary/aromatic N) is 4. The van der Waals surface area contributed by atoms with E-state index in [1.807, 2.05) is 0 Å². The Bertz CT molecular complexity index is 895. The minimum absolute atomic E-state index is 0.0610. The van der Waals surface area contributed by atoms with Crippen LogP contribution in [0.5, 0.6) is 0 Å². The SMILES string of the molecule is CP(C)(=O)c1ccc(N(CN2CCOCC2)c2ncc(C(F)(F)F)c(N)n2)cc1. The van der Waals surface area contributed by atoms with Crippen LogP contribution in [0.3, 0.4) is 0 Å². The van der Waals surface area contributed by atoms with Gasteiger partial charge in [0.05, 0.1) is 19.9 Å². The van der Waals surface area contributed by atoms with Crippen molar-refractivity contribution < 1.29 is 22.5 Å². The fourth-order valence-corrected chi connectivity index (χ4v) is 3.80. The van der Waals surface area contributed by atoms with E-state index in [1.54, 1.807) is 42.5 Å². The Morgan fingerprint density at radius 2 is 1.83 bits per heavy atom. The van der Waals surface area contributed by atoms with E-state index in [-0.39, 0.29) is 5.95 Å². The molecule has 3 rings (SSSR count). The van der Waals surface area contributed by atoms with Gasteiger partial charge in [0.2, 0.25) is 5.95 Å². The molecule has 11 heteroatoms. The Hall–Kier alpha value is -2.16. The van der Waals surface area contributed by atoms with E-state index in [2.05, 4.69) is 14.9 Å². The minimum atomic E-state index is -4.62. The van der Waals surface area contributed by atoms with Gasteiger partial charge in [0.15, 0.2) is 0 Å². The standard InChI is InChI=1S/C18H23F3N5O2P/c1-29(2,27)14-5-3-13(4-6-14)26(12-25-7-9-28-10-8-25)17-23-11-15(16(22)24-17)18(19,20)21/h3-6,11H,7-10,12H2,1-2H3,(H2,22,23,24). The molecule has 1 aliphatic heterocycles. The Morgan fingerprint density at radius 3 is 2.34 bits per heavy atom. The maximum absolute atomic E-state index is 13.0. The summed E-state index contributed by atoms with van der Waals surface area (Å²) in [5, 5.41) is 0.709. The molecule has 29 heavy (non-hydrogen) atoms. The van der Waals surface area contributed by atoms with Crippen molar-refractivity contribution in [2.75, 3.05) is 56.9 Å². The van der Waals surface area contributed by atoms with Crippen LogP contribution >= 0.6 is 7.14 Å². The topological polar surface area (TPSA) is 84.6 Å². The van der Waals surface area contributed by atoms with E-state index in [1.165, 1.54) is 0 Å². The summed E-state index contributed by atoms with van der Waals surface area (Å²) in [5.41, 5.74) is 5.16. The Labute approximate surface area is 167 Å². The highest BCUT2D eigenvalue weighted by atomic mass is 31.2. The van der Waals surface area contributed by atoms with Crippen molar-refractivity contribution in [1.29, 1.82) is 0 Å². The fraction of sp³-hybridized carbons (Fsp3) is 0.444. The zero-order valence-electron chi connectivity index (χ0n) is 16.2. The number of nitrogen functional groups attached to an aromatic ring is 1. The molecule has 1 fully saturated rings. The second-order valence-corrected chi connectivity index (χ2v) is 10.4. The zero-order chi connectivity index (χ0) is 21.2. The molecule has 0 spiro atoms. The van der Waals surface area contributed by atoms with Gasteiger partial charge in [-0.2, -0.15) is 18.2 Å². The quantitative estimate of drug-likeness (QED) is 0.732. The highest BCUT2D eigenvalue weighted by molar-refractivity contribution is 7.70. The molecular formula is C18H23F3N5O2P. The van der Waals surface area contributed by atoms with Gasteiger partial charge < -0.3 is 15.0 Å². The van der Waals surface area contributed by atoms with Crippen LogP contribution in [0, 0.1) is 0 Å². The van der Waals surface area contributed by atoms with Crippen LogP contribution in [-0.2, 0) is 15.5 Å². The van der Waals surface area contributed by atoms with Crippen LogP contribution in [-0.4, -0.2) is 61.2 Å². The summed E-state index contributed by atoms with van der Waals surface area (Å²) in [7, 11) is -2.43. The predicted octanol–water partition coefficient (Wildman–Crippen LogP) is 2.75. The van der Waals surface area contributed by atoms with Gasteiger partial charge in [-0.15, -0.1) is 0 Å². The molecule has 2 heterocycles. The molecule has 1 aromatic carbocycles. The van der Waals surface area contributed by atoms with Gasteiger partial charge in [0.25, 0.3) is 0 Å². The molecule has 0 radical (unpaired) electrons. The minimum Gasteiger partial charge on any atom is -0.383 e. The number of ether oxygens (including phenoxy) is 1. The molecule has 7 nitrogen and oxygen atoms in total. The van der Waals surface area contributed by atoms with Gasteiger partial charge >= 0.3 is 6.18 Å². The van der Waals surface area contributed by atoms with Crippen LogP contribution in [0.15, 0.2) is 30.5 Å². The third-order valence-electron chi connectivity index (χ3n) is 4.58. The van der Waals surface area contributed by atoms with Crippen molar-refractivity contribution in [3.05, 3.63) is 36.0 Å². The molecule has 2 N–H and O–H groups in total. The van der Waals surface area contributed by atoms with Crippen LogP contribution < -0.4 is 15.9 Å². The number of aromatic nitrogens is 2. The van der Waals surface area contributed by atoms with Crippen LogP contribution in [0.4, 0.5) is 30.6 Å². The van der Waals surface area contributed by atoms with Crippen molar-refractivity contribution in [3.8, 4) is 0 Å². The van der Waals surface area contributed by atoms with Crippen molar-refractivity contribution in [1.82, 2.24) is 14.9 Å². The Morgan fingerprint density at radius 1 is 1.21 bits per heavy atom. The summed E-state index contributed by atoms with van der Waals surface area (Å²) in [4.78, 5) is 11.6. The van der Waals surface area contributed by atoms with Crippen LogP contribution in [0.1, 0.15) is 5.56 Å². The summed E-state index contributed by atoms with van der Waals surface area (Å²) in [6, 6.07) is 7.00.